The lowest BCUT2D eigenvalue weighted by atomic mass is 10.1. The van der Waals surface area contributed by atoms with Crippen molar-refractivity contribution in [2.45, 2.75) is 26.2 Å². The highest BCUT2D eigenvalue weighted by Crippen LogP contribution is 2.24. The van der Waals surface area contributed by atoms with Crippen molar-refractivity contribution < 1.29 is 4.79 Å². The molecule has 2 aromatic heterocycles. The second kappa shape index (κ2) is 8.23. The van der Waals surface area contributed by atoms with Crippen LogP contribution < -0.4 is 5.32 Å². The molecule has 6 heteroatoms. The van der Waals surface area contributed by atoms with Crippen molar-refractivity contribution >= 4 is 34.0 Å². The van der Waals surface area contributed by atoms with Gasteiger partial charge in [-0.25, -0.2) is 4.98 Å². The zero-order valence-corrected chi connectivity index (χ0v) is 15.4. The van der Waals surface area contributed by atoms with Gasteiger partial charge in [-0.2, -0.15) is 0 Å². The summed E-state index contributed by atoms with van der Waals surface area (Å²) in [6, 6.07) is 9.89. The van der Waals surface area contributed by atoms with Crippen LogP contribution in [0.4, 0.5) is 5.13 Å². The Hall–Kier alpha value is -2.24. The lowest BCUT2D eigenvalue weighted by Crippen LogP contribution is -2.12. The second-order valence-electron chi connectivity index (χ2n) is 5.80. The monoisotopic (exact) mass is 371 g/mol. The summed E-state index contributed by atoms with van der Waals surface area (Å²) in [6.07, 6.45) is 7.13. The van der Waals surface area contributed by atoms with E-state index in [1.807, 2.05) is 31.2 Å². The Balaban J connectivity index is 1.54. The maximum Gasteiger partial charge on any atom is 0.226 e. The van der Waals surface area contributed by atoms with Gasteiger partial charge in [0.1, 0.15) is 0 Å². The summed E-state index contributed by atoms with van der Waals surface area (Å²) in [6.45, 7) is 1.98. The van der Waals surface area contributed by atoms with Gasteiger partial charge in [0.05, 0.1) is 0 Å². The highest BCUT2D eigenvalue weighted by atomic mass is 35.5. The smallest absolute Gasteiger partial charge is 0.226 e. The molecule has 4 nitrogen and oxygen atoms in total. The fourth-order valence-electron chi connectivity index (χ4n) is 2.38. The Bertz CT molecular complexity index is 864. The molecule has 0 atom stereocenters. The molecule has 0 radical (unpaired) electrons. The number of nitrogens with one attached hydrogen (secondary N) is 1. The molecule has 0 saturated heterocycles. The van der Waals surface area contributed by atoms with E-state index < -0.39 is 0 Å². The van der Waals surface area contributed by atoms with Crippen LogP contribution in [0.1, 0.15) is 28.0 Å². The third-order valence-electron chi connectivity index (χ3n) is 3.78. The highest BCUT2D eigenvalue weighted by molar-refractivity contribution is 7.15. The molecular weight excluding hydrogens is 354 g/mol. The van der Waals surface area contributed by atoms with Crippen molar-refractivity contribution in [2.75, 3.05) is 5.32 Å². The first kappa shape index (κ1) is 17.6. The van der Waals surface area contributed by atoms with Crippen LogP contribution in [0.15, 0.2) is 48.9 Å². The number of hydrogen-bond acceptors (Lipinski definition) is 4. The molecule has 0 fully saturated rings. The zero-order valence-electron chi connectivity index (χ0n) is 13.8. The number of amides is 1. The van der Waals surface area contributed by atoms with Crippen LogP contribution in [0.3, 0.4) is 0 Å². The predicted octanol–water partition coefficient (Wildman–Crippen LogP) is 4.66. The number of carbonyl (C=O) groups is 1. The van der Waals surface area contributed by atoms with Gasteiger partial charge in [-0.1, -0.05) is 29.8 Å². The molecule has 0 spiro atoms. The summed E-state index contributed by atoms with van der Waals surface area (Å²) < 4.78 is 0. The molecule has 3 aromatic rings. The fourth-order valence-corrected chi connectivity index (χ4v) is 3.45. The van der Waals surface area contributed by atoms with Gasteiger partial charge in [0, 0.05) is 41.3 Å². The number of nitrogens with zero attached hydrogens (tertiary/aromatic N) is 2. The number of pyridine rings is 1. The van der Waals surface area contributed by atoms with E-state index in [2.05, 4.69) is 21.4 Å². The minimum atomic E-state index is -0.0388. The molecule has 2 heterocycles. The summed E-state index contributed by atoms with van der Waals surface area (Å²) in [7, 11) is 0. The summed E-state index contributed by atoms with van der Waals surface area (Å²) >= 11 is 7.66. The Morgan fingerprint density at radius 1 is 1.24 bits per heavy atom. The molecule has 0 unspecified atom stereocenters. The number of hydrogen-bond donors (Lipinski definition) is 1. The maximum atomic E-state index is 12.1. The van der Waals surface area contributed by atoms with E-state index in [-0.39, 0.29) is 5.91 Å². The van der Waals surface area contributed by atoms with Crippen molar-refractivity contribution in [3.63, 3.8) is 0 Å². The van der Waals surface area contributed by atoms with E-state index in [1.54, 1.807) is 18.6 Å². The maximum absolute atomic E-state index is 12.1. The Labute approximate surface area is 155 Å². The van der Waals surface area contributed by atoms with Crippen LogP contribution in [0.5, 0.6) is 0 Å². The summed E-state index contributed by atoms with van der Waals surface area (Å²) in [5.74, 6) is -0.0388. The van der Waals surface area contributed by atoms with Gasteiger partial charge < -0.3 is 5.32 Å². The number of anilines is 1. The number of benzene rings is 1. The normalized spacial score (nSPS) is 10.6. The average Bonchev–Trinajstić information content (AvgIpc) is 3.04. The summed E-state index contributed by atoms with van der Waals surface area (Å²) in [5.41, 5.74) is 3.25. The molecule has 25 heavy (non-hydrogen) atoms. The molecule has 1 aromatic carbocycles. The first-order valence-electron chi connectivity index (χ1n) is 7.98. The average molecular weight is 372 g/mol. The predicted molar refractivity (Wildman–Crippen MR) is 102 cm³/mol. The van der Waals surface area contributed by atoms with Crippen LogP contribution in [0.25, 0.3) is 0 Å². The minimum Gasteiger partial charge on any atom is -0.302 e. The van der Waals surface area contributed by atoms with E-state index in [4.69, 9.17) is 11.6 Å². The van der Waals surface area contributed by atoms with Gasteiger partial charge in [0.15, 0.2) is 5.13 Å². The van der Waals surface area contributed by atoms with Crippen molar-refractivity contribution in [1.82, 2.24) is 9.97 Å². The molecule has 128 valence electrons. The summed E-state index contributed by atoms with van der Waals surface area (Å²) in [5, 5.41) is 4.26. The largest absolute Gasteiger partial charge is 0.302 e. The lowest BCUT2D eigenvalue weighted by molar-refractivity contribution is -0.116. The standard InChI is InChI=1S/C19H18ClN3OS/c1-13-4-5-15(10-17(13)20)9-16-12-22-19(25-16)23-18(24)7-6-14-3-2-8-21-11-14/h2-5,8,10-12H,6-7,9H2,1H3,(H,22,23,24). The van der Waals surface area contributed by atoms with Crippen LogP contribution >= 0.6 is 22.9 Å². The molecule has 0 aliphatic carbocycles. The minimum absolute atomic E-state index is 0.0388. The van der Waals surface area contributed by atoms with E-state index in [0.717, 1.165) is 33.0 Å². The van der Waals surface area contributed by atoms with E-state index >= 15 is 0 Å². The lowest BCUT2D eigenvalue weighted by Gasteiger charge is -2.02. The van der Waals surface area contributed by atoms with Gasteiger partial charge in [-0.3, -0.25) is 9.78 Å². The number of rotatable bonds is 6. The molecule has 3 rings (SSSR count). The molecule has 0 aliphatic heterocycles. The van der Waals surface area contributed by atoms with Crippen molar-refractivity contribution in [2.24, 2.45) is 0 Å². The molecule has 1 amide bonds. The molecule has 1 N–H and O–H groups in total. The van der Waals surface area contributed by atoms with Gasteiger partial charge >= 0.3 is 0 Å². The third-order valence-corrected chi connectivity index (χ3v) is 5.10. The first-order valence-corrected chi connectivity index (χ1v) is 9.18. The topological polar surface area (TPSA) is 54.9 Å². The van der Waals surface area contributed by atoms with Crippen LogP contribution in [0.2, 0.25) is 5.02 Å². The molecule has 0 aliphatic rings. The van der Waals surface area contributed by atoms with Crippen LogP contribution in [-0.2, 0) is 17.6 Å². The number of halogens is 1. The van der Waals surface area contributed by atoms with E-state index in [1.165, 1.54) is 11.3 Å². The van der Waals surface area contributed by atoms with Crippen molar-refractivity contribution in [3.8, 4) is 0 Å². The summed E-state index contributed by atoms with van der Waals surface area (Å²) in [4.78, 5) is 21.5. The molecule has 0 bridgehead atoms. The number of aromatic nitrogens is 2. The van der Waals surface area contributed by atoms with Gasteiger partial charge in [0.2, 0.25) is 5.91 Å². The quantitative estimate of drug-likeness (QED) is 0.685. The van der Waals surface area contributed by atoms with E-state index in [9.17, 15) is 4.79 Å². The number of carbonyl (C=O) groups excluding carboxylic acids is 1. The first-order chi connectivity index (χ1) is 12.1. The molecule has 0 saturated carbocycles. The van der Waals surface area contributed by atoms with Crippen LogP contribution in [0, 0.1) is 6.92 Å². The Morgan fingerprint density at radius 2 is 2.12 bits per heavy atom. The van der Waals surface area contributed by atoms with Crippen molar-refractivity contribution in [1.29, 1.82) is 0 Å². The fraction of sp³-hybridized carbons (Fsp3) is 0.211. The Morgan fingerprint density at radius 3 is 2.88 bits per heavy atom. The van der Waals surface area contributed by atoms with Gasteiger partial charge in [-0.05, 0) is 42.2 Å². The Kier molecular flexibility index (Phi) is 5.79. The van der Waals surface area contributed by atoms with Crippen molar-refractivity contribution in [3.05, 3.63) is 75.5 Å². The second-order valence-corrected chi connectivity index (χ2v) is 7.32. The van der Waals surface area contributed by atoms with Gasteiger partial charge in [-0.15, -0.1) is 11.3 Å². The SMILES string of the molecule is Cc1ccc(Cc2cnc(NC(=O)CCc3cccnc3)s2)cc1Cl. The number of thiazole rings is 1. The van der Waals surface area contributed by atoms with Crippen LogP contribution in [-0.4, -0.2) is 15.9 Å². The third kappa shape index (κ3) is 5.11. The van der Waals surface area contributed by atoms with E-state index in [0.29, 0.717) is 18.0 Å². The van der Waals surface area contributed by atoms with Gasteiger partial charge in [0.25, 0.3) is 0 Å². The zero-order chi connectivity index (χ0) is 17.6. The molecular formula is C19H18ClN3OS. The number of aryl methyl sites for hydroxylation is 2. The highest BCUT2D eigenvalue weighted by Gasteiger charge is 2.08.